The zero-order valence-electron chi connectivity index (χ0n) is 19.5. The number of fused-ring (bicyclic) bond motifs is 4. The second-order valence-electron chi connectivity index (χ2n) is 9.46. The average Bonchev–Trinajstić information content (AvgIpc) is 3.59. The number of carbonyl (C=O) groups is 2. The zero-order chi connectivity index (χ0) is 24.6. The zero-order valence-corrected chi connectivity index (χ0v) is 22.9. The van der Waals surface area contributed by atoms with Gasteiger partial charge in [-0.1, -0.05) is 0 Å². The molecule has 36 heavy (non-hydrogen) atoms. The van der Waals surface area contributed by atoms with Gasteiger partial charge >= 0.3 is 220 Å². The van der Waals surface area contributed by atoms with Crippen LogP contribution in [0.1, 0.15) is 50.1 Å². The molecule has 7 rings (SSSR count). The monoisotopic (exact) mass is 601 g/mol. The predicted molar refractivity (Wildman–Crippen MR) is 143 cm³/mol. The molecule has 4 aromatic heterocycles. The molecule has 0 atom stereocenters. The molecule has 0 saturated carbocycles. The number of pyridine rings is 2. The van der Waals surface area contributed by atoms with Crippen molar-refractivity contribution in [2.75, 3.05) is 4.90 Å². The van der Waals surface area contributed by atoms with Gasteiger partial charge in [0, 0.05) is 0 Å². The van der Waals surface area contributed by atoms with Gasteiger partial charge in [0.1, 0.15) is 0 Å². The van der Waals surface area contributed by atoms with Crippen LogP contribution in [0.2, 0.25) is 0 Å². The quantitative estimate of drug-likeness (QED) is 0.156. The molecule has 0 radical (unpaired) electrons. The number of rotatable bonds is 2. The summed E-state index contributed by atoms with van der Waals surface area (Å²) in [7, 11) is 0. The number of hydrogen-bond donors (Lipinski definition) is 0. The van der Waals surface area contributed by atoms with Gasteiger partial charge < -0.3 is 0 Å². The third kappa shape index (κ3) is 3.07. The van der Waals surface area contributed by atoms with Gasteiger partial charge in [0.25, 0.3) is 0 Å². The molecule has 0 fully saturated rings. The van der Waals surface area contributed by atoms with E-state index in [0.717, 1.165) is 37.1 Å². The number of hydrogen-bond acceptors (Lipinski definition) is 5. The first-order valence-corrected chi connectivity index (χ1v) is 15.1. The second-order valence-corrected chi connectivity index (χ2v) is 13.7. The molecule has 5 nitrogen and oxygen atoms in total. The Bertz CT molecular complexity index is 1670. The summed E-state index contributed by atoms with van der Waals surface area (Å²) >= 11 is 0.106. The van der Waals surface area contributed by atoms with Crippen LogP contribution < -0.4 is 4.90 Å². The normalized spacial score (nSPS) is 16.9. The number of allylic oxidation sites excluding steroid dienone is 1. The number of anilines is 3. The van der Waals surface area contributed by atoms with E-state index in [2.05, 4.69) is 41.9 Å². The fourth-order valence-corrected chi connectivity index (χ4v) is 8.87. The summed E-state index contributed by atoms with van der Waals surface area (Å²) in [6.07, 6.45) is 5.43. The molecule has 5 heterocycles. The molecule has 1 aliphatic carbocycles. The van der Waals surface area contributed by atoms with Crippen LogP contribution in [0.3, 0.4) is 0 Å². The van der Waals surface area contributed by atoms with Crippen LogP contribution in [-0.2, 0) is 5.41 Å². The number of ketones is 2. The van der Waals surface area contributed by atoms with Crippen LogP contribution >= 0.6 is 0 Å². The minimum atomic E-state index is -0.223. The Kier molecular flexibility index (Phi) is 4.76. The van der Waals surface area contributed by atoms with E-state index in [4.69, 9.17) is 9.97 Å². The Morgan fingerprint density at radius 3 is 2.22 bits per heavy atom. The molecule has 0 unspecified atom stereocenters. The van der Waals surface area contributed by atoms with E-state index >= 15 is 0 Å². The first-order valence-electron chi connectivity index (χ1n) is 11.6. The van der Waals surface area contributed by atoms with Gasteiger partial charge in [0.2, 0.25) is 0 Å². The number of carbonyl (C=O) groups excluding carboxylic acids is 2. The standard InChI is InChI=1S/C29H19N3O2Se2/c1-29(2)21-5-3-10-30-27(21)32(28-22(29)6-4-11-31-28)24-8-7-17(36-24)14-20-25(33)18-13-16-9-12-35-23(16)15-19(18)26(20)34/h3-15H,1-2H3/b20-14-. The van der Waals surface area contributed by atoms with Crippen molar-refractivity contribution in [1.82, 2.24) is 9.97 Å². The van der Waals surface area contributed by atoms with Gasteiger partial charge in [-0.15, -0.1) is 0 Å². The van der Waals surface area contributed by atoms with Crippen molar-refractivity contribution in [3.8, 4) is 0 Å². The molecule has 2 aliphatic rings. The molecule has 5 aromatic rings. The van der Waals surface area contributed by atoms with E-state index in [1.807, 2.05) is 48.8 Å². The number of nitrogens with zero attached hydrogens (tertiary/aromatic N) is 3. The van der Waals surface area contributed by atoms with Gasteiger partial charge in [-0.05, 0) is 0 Å². The van der Waals surface area contributed by atoms with E-state index < -0.39 is 0 Å². The molecule has 0 saturated heterocycles. The fourth-order valence-electron chi connectivity index (χ4n) is 5.17. The molecule has 0 N–H and O–H groups in total. The topological polar surface area (TPSA) is 63.2 Å². The first-order chi connectivity index (χ1) is 17.4. The van der Waals surface area contributed by atoms with Crippen molar-refractivity contribution < 1.29 is 9.59 Å². The molecular formula is C29H19N3O2Se2. The number of benzene rings is 1. The molecule has 1 aromatic carbocycles. The van der Waals surface area contributed by atoms with Crippen LogP contribution in [0.15, 0.2) is 77.5 Å². The van der Waals surface area contributed by atoms with E-state index in [0.29, 0.717) is 11.1 Å². The van der Waals surface area contributed by atoms with Gasteiger partial charge in [-0.2, -0.15) is 0 Å². The molecule has 1 aliphatic heterocycles. The van der Waals surface area contributed by atoms with Crippen LogP contribution in [0.5, 0.6) is 0 Å². The van der Waals surface area contributed by atoms with E-state index in [-0.39, 0.29) is 51.6 Å². The molecule has 0 spiro atoms. The van der Waals surface area contributed by atoms with Gasteiger partial charge in [0.05, 0.1) is 0 Å². The Labute approximate surface area is 219 Å². The van der Waals surface area contributed by atoms with E-state index in [9.17, 15) is 9.59 Å². The Morgan fingerprint density at radius 2 is 1.53 bits per heavy atom. The molecule has 0 bridgehead atoms. The van der Waals surface area contributed by atoms with Crippen molar-refractivity contribution in [1.29, 1.82) is 0 Å². The minimum absolute atomic E-state index is 0.124. The number of aromatic nitrogens is 2. The van der Waals surface area contributed by atoms with Crippen molar-refractivity contribution in [2.24, 2.45) is 0 Å². The summed E-state index contributed by atoms with van der Waals surface area (Å²) in [5.41, 5.74) is 3.41. The van der Waals surface area contributed by atoms with E-state index in [1.54, 1.807) is 6.08 Å². The Morgan fingerprint density at radius 1 is 0.861 bits per heavy atom. The van der Waals surface area contributed by atoms with Crippen LogP contribution in [-0.4, -0.2) is 50.5 Å². The van der Waals surface area contributed by atoms with Gasteiger partial charge in [0.15, 0.2) is 0 Å². The molecule has 0 amide bonds. The van der Waals surface area contributed by atoms with Crippen molar-refractivity contribution in [3.05, 3.63) is 104 Å². The molecule has 174 valence electrons. The van der Waals surface area contributed by atoms with Crippen LogP contribution in [0.25, 0.3) is 15.7 Å². The SMILES string of the molecule is CC1(C)c2cccnc2N(c2ccc(/C=C3/C(=O)c4cc5cc[se]c5cc4C3=O)[se]2)c2ncccc21. The third-order valence-corrected chi connectivity index (χ3v) is 11.0. The Balaban J connectivity index is 1.32. The molecular weight excluding hydrogens is 580 g/mol. The van der Waals surface area contributed by atoms with Gasteiger partial charge in [-0.25, -0.2) is 0 Å². The number of Topliss-reactive ketones (excluding diaryl/α,β-unsaturated/α-hetero) is 2. The summed E-state index contributed by atoms with van der Waals surface area (Å²) in [4.78, 5) is 40.2. The van der Waals surface area contributed by atoms with E-state index in [1.165, 1.54) is 4.26 Å². The van der Waals surface area contributed by atoms with Gasteiger partial charge in [-0.3, -0.25) is 0 Å². The summed E-state index contributed by atoms with van der Waals surface area (Å²) in [6.45, 7) is 4.41. The van der Waals surface area contributed by atoms with Crippen LogP contribution in [0.4, 0.5) is 16.2 Å². The summed E-state index contributed by atoms with van der Waals surface area (Å²) < 4.78 is 3.23. The maximum absolute atomic E-state index is 13.2. The van der Waals surface area contributed by atoms with Crippen molar-refractivity contribution in [2.45, 2.75) is 19.3 Å². The van der Waals surface area contributed by atoms with Crippen molar-refractivity contribution in [3.63, 3.8) is 0 Å². The van der Waals surface area contributed by atoms with Crippen molar-refractivity contribution >= 4 is 72.5 Å². The summed E-state index contributed by atoms with van der Waals surface area (Å²) in [5, 5.41) is 1.06. The summed E-state index contributed by atoms with van der Waals surface area (Å²) in [5.74, 6) is 1.43. The molecule has 7 heteroatoms. The average molecular weight is 599 g/mol. The predicted octanol–water partition coefficient (Wildman–Crippen LogP) is 5.32. The third-order valence-electron chi connectivity index (χ3n) is 7.03. The maximum atomic E-state index is 13.2. The summed E-state index contributed by atoms with van der Waals surface area (Å²) in [6, 6.07) is 18.2. The van der Waals surface area contributed by atoms with Crippen LogP contribution in [0, 0.1) is 0 Å². The Hall–Kier alpha value is -3.34. The first kappa shape index (κ1) is 21.9. The fraction of sp³-hybridized carbons (Fsp3) is 0.103. The second kappa shape index (κ2) is 7.83.